The lowest BCUT2D eigenvalue weighted by Gasteiger charge is -2.16. The zero-order valence-corrected chi connectivity index (χ0v) is 14.5. The molecule has 0 bridgehead atoms. The molecule has 1 N–H and O–H groups in total. The maximum Gasteiger partial charge on any atom is 0.228 e. The summed E-state index contributed by atoms with van der Waals surface area (Å²) >= 11 is 6.27. The molecule has 4 heteroatoms. The third-order valence-electron chi connectivity index (χ3n) is 3.86. The van der Waals surface area contributed by atoms with Crippen molar-refractivity contribution in [3.8, 4) is 5.75 Å². The zero-order valence-electron chi connectivity index (χ0n) is 13.8. The van der Waals surface area contributed by atoms with Gasteiger partial charge in [0, 0.05) is 10.7 Å². The Hall–Kier alpha value is -2.00. The predicted molar refractivity (Wildman–Crippen MR) is 95.5 cm³/mol. The fourth-order valence-corrected chi connectivity index (χ4v) is 2.87. The van der Waals surface area contributed by atoms with Crippen molar-refractivity contribution in [3.05, 3.63) is 58.1 Å². The Bertz CT molecular complexity index is 681. The SMILES string of the molecule is CCc1ccc(Cl)c(CC)c1NC(=O)Cc1ccc(OC)cc1. The van der Waals surface area contributed by atoms with E-state index in [1.165, 1.54) is 0 Å². The van der Waals surface area contributed by atoms with Crippen LogP contribution in [0.2, 0.25) is 5.02 Å². The predicted octanol–water partition coefficient (Wildman–Crippen LogP) is 4.65. The van der Waals surface area contributed by atoms with Crippen LogP contribution in [0.4, 0.5) is 5.69 Å². The highest BCUT2D eigenvalue weighted by atomic mass is 35.5. The van der Waals surface area contributed by atoms with E-state index < -0.39 is 0 Å². The first kappa shape index (κ1) is 17.4. The molecule has 1 amide bonds. The highest BCUT2D eigenvalue weighted by molar-refractivity contribution is 6.32. The van der Waals surface area contributed by atoms with Crippen LogP contribution in [-0.2, 0) is 24.1 Å². The quantitative estimate of drug-likeness (QED) is 0.836. The van der Waals surface area contributed by atoms with E-state index in [-0.39, 0.29) is 5.91 Å². The maximum atomic E-state index is 12.4. The molecule has 0 fully saturated rings. The van der Waals surface area contributed by atoms with Crippen LogP contribution in [0, 0.1) is 0 Å². The number of amides is 1. The van der Waals surface area contributed by atoms with Crippen LogP contribution in [0.5, 0.6) is 5.75 Å². The van der Waals surface area contributed by atoms with Gasteiger partial charge in [-0.2, -0.15) is 0 Å². The number of benzene rings is 2. The number of aryl methyl sites for hydroxylation is 1. The summed E-state index contributed by atoms with van der Waals surface area (Å²) in [6.45, 7) is 4.11. The van der Waals surface area contributed by atoms with E-state index in [2.05, 4.69) is 12.2 Å². The van der Waals surface area contributed by atoms with Gasteiger partial charge in [0.25, 0.3) is 0 Å². The molecule has 2 aromatic rings. The lowest BCUT2D eigenvalue weighted by atomic mass is 10.0. The second kappa shape index (κ2) is 8.02. The van der Waals surface area contributed by atoms with Gasteiger partial charge in [0.05, 0.1) is 13.5 Å². The van der Waals surface area contributed by atoms with E-state index in [1.54, 1.807) is 7.11 Å². The number of carbonyl (C=O) groups excluding carboxylic acids is 1. The summed E-state index contributed by atoms with van der Waals surface area (Å²) in [5.41, 5.74) is 3.91. The molecule has 0 unspecified atom stereocenters. The zero-order chi connectivity index (χ0) is 16.8. The van der Waals surface area contributed by atoms with Crippen molar-refractivity contribution in [1.82, 2.24) is 0 Å². The van der Waals surface area contributed by atoms with Crippen molar-refractivity contribution < 1.29 is 9.53 Å². The number of hydrogen-bond donors (Lipinski definition) is 1. The highest BCUT2D eigenvalue weighted by Crippen LogP contribution is 2.29. The van der Waals surface area contributed by atoms with Gasteiger partial charge in [-0.15, -0.1) is 0 Å². The number of methoxy groups -OCH3 is 1. The molecule has 3 nitrogen and oxygen atoms in total. The lowest BCUT2D eigenvalue weighted by Crippen LogP contribution is -2.17. The van der Waals surface area contributed by atoms with Crippen molar-refractivity contribution in [2.24, 2.45) is 0 Å². The summed E-state index contributed by atoms with van der Waals surface area (Å²) in [5.74, 6) is 0.743. The molecule has 0 saturated heterocycles. The molecule has 0 heterocycles. The minimum absolute atomic E-state index is 0.0400. The van der Waals surface area contributed by atoms with Gasteiger partial charge in [-0.1, -0.05) is 43.6 Å². The third-order valence-corrected chi connectivity index (χ3v) is 4.22. The first-order valence-corrected chi connectivity index (χ1v) is 8.19. The van der Waals surface area contributed by atoms with E-state index in [0.717, 1.165) is 41.0 Å². The Labute approximate surface area is 142 Å². The number of hydrogen-bond acceptors (Lipinski definition) is 2. The number of carbonyl (C=O) groups is 1. The molecule has 122 valence electrons. The lowest BCUT2D eigenvalue weighted by molar-refractivity contribution is -0.115. The first-order valence-electron chi connectivity index (χ1n) is 7.82. The standard InChI is InChI=1S/C19H22ClNO2/c1-4-14-8-11-17(20)16(5-2)19(14)21-18(22)12-13-6-9-15(23-3)10-7-13/h6-11H,4-5,12H2,1-3H3,(H,21,22). The topological polar surface area (TPSA) is 38.3 Å². The van der Waals surface area contributed by atoms with Gasteiger partial charge in [0.15, 0.2) is 0 Å². The van der Waals surface area contributed by atoms with Crippen LogP contribution < -0.4 is 10.1 Å². The van der Waals surface area contributed by atoms with Crippen molar-refractivity contribution >= 4 is 23.2 Å². The van der Waals surface area contributed by atoms with Crippen molar-refractivity contribution in [1.29, 1.82) is 0 Å². The van der Waals surface area contributed by atoms with Gasteiger partial charge in [0.2, 0.25) is 5.91 Å². The van der Waals surface area contributed by atoms with E-state index in [9.17, 15) is 4.79 Å². The molecule has 23 heavy (non-hydrogen) atoms. The van der Waals surface area contributed by atoms with E-state index in [4.69, 9.17) is 16.3 Å². The molecule has 0 radical (unpaired) electrons. The molecule has 2 aromatic carbocycles. The largest absolute Gasteiger partial charge is 0.497 e. The van der Waals surface area contributed by atoms with Crippen molar-refractivity contribution in [3.63, 3.8) is 0 Å². The molecular formula is C19H22ClNO2. The minimum atomic E-state index is -0.0400. The van der Waals surface area contributed by atoms with Crippen molar-refractivity contribution in [2.45, 2.75) is 33.1 Å². The molecule has 0 aromatic heterocycles. The van der Waals surface area contributed by atoms with Gasteiger partial charge >= 0.3 is 0 Å². The molecule has 2 rings (SSSR count). The van der Waals surface area contributed by atoms with Crippen LogP contribution in [0.1, 0.15) is 30.5 Å². The fraction of sp³-hybridized carbons (Fsp3) is 0.316. The molecule has 0 atom stereocenters. The summed E-state index contributed by atoms with van der Waals surface area (Å²) < 4.78 is 5.13. The average molecular weight is 332 g/mol. The first-order chi connectivity index (χ1) is 11.1. The van der Waals surface area contributed by atoms with E-state index >= 15 is 0 Å². The van der Waals surface area contributed by atoms with E-state index in [0.29, 0.717) is 11.4 Å². The number of nitrogens with one attached hydrogen (secondary N) is 1. The van der Waals surface area contributed by atoms with Crippen LogP contribution in [0.3, 0.4) is 0 Å². The number of halogens is 1. The Morgan fingerprint density at radius 3 is 2.35 bits per heavy atom. The average Bonchev–Trinajstić information content (AvgIpc) is 2.56. The smallest absolute Gasteiger partial charge is 0.228 e. The monoisotopic (exact) mass is 331 g/mol. The summed E-state index contributed by atoms with van der Waals surface area (Å²) in [6.07, 6.45) is 1.95. The van der Waals surface area contributed by atoms with E-state index in [1.807, 2.05) is 43.3 Å². The van der Waals surface area contributed by atoms with Gasteiger partial charge in [-0.05, 0) is 47.7 Å². The summed E-state index contributed by atoms with van der Waals surface area (Å²) in [6, 6.07) is 11.4. The highest BCUT2D eigenvalue weighted by Gasteiger charge is 2.13. The Kier molecular flexibility index (Phi) is 6.05. The Balaban J connectivity index is 2.17. The fourth-order valence-electron chi connectivity index (χ4n) is 2.58. The molecule has 0 spiro atoms. The summed E-state index contributed by atoms with van der Waals surface area (Å²) in [4.78, 5) is 12.4. The number of rotatable bonds is 6. The van der Waals surface area contributed by atoms with Crippen molar-refractivity contribution in [2.75, 3.05) is 12.4 Å². The number of anilines is 1. The van der Waals surface area contributed by atoms with Gasteiger partial charge < -0.3 is 10.1 Å². The summed E-state index contributed by atoms with van der Waals surface area (Å²) in [5, 5.41) is 3.74. The molecular weight excluding hydrogens is 310 g/mol. The second-order valence-electron chi connectivity index (χ2n) is 5.34. The second-order valence-corrected chi connectivity index (χ2v) is 5.75. The van der Waals surface area contributed by atoms with Gasteiger partial charge in [-0.25, -0.2) is 0 Å². The molecule has 0 aliphatic carbocycles. The van der Waals surface area contributed by atoms with Crippen LogP contribution in [0.25, 0.3) is 0 Å². The van der Waals surface area contributed by atoms with Gasteiger partial charge in [0.1, 0.15) is 5.75 Å². The molecule has 0 aliphatic rings. The number of ether oxygens (including phenoxy) is 1. The van der Waals surface area contributed by atoms with Crippen LogP contribution >= 0.6 is 11.6 Å². The maximum absolute atomic E-state index is 12.4. The third kappa shape index (κ3) is 4.26. The Morgan fingerprint density at radius 1 is 1.09 bits per heavy atom. The van der Waals surface area contributed by atoms with Crippen LogP contribution in [0.15, 0.2) is 36.4 Å². The summed E-state index contributed by atoms with van der Waals surface area (Å²) in [7, 11) is 1.62. The minimum Gasteiger partial charge on any atom is -0.497 e. The molecule has 0 aliphatic heterocycles. The molecule has 0 saturated carbocycles. The normalized spacial score (nSPS) is 10.4. The Morgan fingerprint density at radius 2 is 1.78 bits per heavy atom. The van der Waals surface area contributed by atoms with Crippen LogP contribution in [-0.4, -0.2) is 13.0 Å². The van der Waals surface area contributed by atoms with Gasteiger partial charge in [-0.3, -0.25) is 4.79 Å².